The molecule has 2 aromatic rings. The van der Waals surface area contributed by atoms with Gasteiger partial charge < -0.3 is 15.2 Å². The van der Waals surface area contributed by atoms with Crippen LogP contribution in [-0.2, 0) is 4.79 Å². The molecular weight excluding hydrogens is 332 g/mol. The van der Waals surface area contributed by atoms with Gasteiger partial charge in [0.05, 0.1) is 10.6 Å². The lowest BCUT2D eigenvalue weighted by Gasteiger charge is -2.28. The van der Waals surface area contributed by atoms with Crippen LogP contribution in [0.5, 0.6) is 0 Å². The molecule has 1 aliphatic carbocycles. The van der Waals surface area contributed by atoms with Gasteiger partial charge in [0, 0.05) is 42.3 Å². The smallest absolute Gasteiger partial charge is 0.259 e. The Bertz CT molecular complexity index is 807. The predicted molar refractivity (Wildman–Crippen MR) is 104 cm³/mol. The van der Waals surface area contributed by atoms with Crippen LogP contribution < -0.4 is 10.2 Å². The molecule has 1 aliphatic heterocycles. The summed E-state index contributed by atoms with van der Waals surface area (Å²) in [6.45, 7) is 2.98. The van der Waals surface area contributed by atoms with Crippen molar-refractivity contribution in [1.82, 2.24) is 15.3 Å². The molecule has 3 heterocycles. The maximum absolute atomic E-state index is 12.7. The van der Waals surface area contributed by atoms with Gasteiger partial charge in [-0.3, -0.25) is 4.79 Å². The molecule has 25 heavy (non-hydrogen) atoms. The van der Waals surface area contributed by atoms with E-state index in [1.807, 2.05) is 24.7 Å². The molecular formula is C19H24N4OS. The topological polar surface area (TPSA) is 61.0 Å². The standard InChI is InChI=1S/C19H24N4OS/c1-13-11-21-18-17(13)15(7-8-20-18)23-9-10-25-16(12-23)19(24)22-14-5-3-2-4-6-14/h7-8,11-12,14H,2-6,9-10H2,1H3,(H,20,21)(H,22,24). The molecule has 0 atom stereocenters. The van der Waals surface area contributed by atoms with Crippen molar-refractivity contribution < 1.29 is 4.79 Å². The molecule has 5 nitrogen and oxygen atoms in total. The van der Waals surface area contributed by atoms with Crippen LogP contribution in [-0.4, -0.2) is 34.2 Å². The number of pyridine rings is 1. The summed E-state index contributed by atoms with van der Waals surface area (Å²) in [6, 6.07) is 2.38. The highest BCUT2D eigenvalue weighted by molar-refractivity contribution is 8.04. The van der Waals surface area contributed by atoms with Crippen molar-refractivity contribution in [2.75, 3.05) is 17.2 Å². The van der Waals surface area contributed by atoms with Crippen LogP contribution in [0.15, 0.2) is 29.6 Å². The van der Waals surface area contributed by atoms with Crippen molar-refractivity contribution in [2.45, 2.75) is 45.1 Å². The molecule has 0 aromatic carbocycles. The Morgan fingerprint density at radius 1 is 1.36 bits per heavy atom. The zero-order chi connectivity index (χ0) is 17.2. The minimum absolute atomic E-state index is 0.0812. The number of thioether (sulfide) groups is 1. The molecule has 4 rings (SSSR count). The van der Waals surface area contributed by atoms with Crippen LogP contribution in [0.3, 0.4) is 0 Å². The van der Waals surface area contributed by atoms with E-state index in [1.165, 1.54) is 24.8 Å². The van der Waals surface area contributed by atoms with E-state index in [0.717, 1.165) is 46.8 Å². The number of aromatic amines is 1. The third-order valence-electron chi connectivity index (χ3n) is 5.09. The molecule has 2 aliphatic rings. The fraction of sp³-hybridized carbons (Fsp3) is 0.474. The summed E-state index contributed by atoms with van der Waals surface area (Å²) >= 11 is 1.65. The molecule has 1 saturated carbocycles. The number of amides is 1. The van der Waals surface area contributed by atoms with Crippen LogP contribution >= 0.6 is 11.8 Å². The monoisotopic (exact) mass is 356 g/mol. The quantitative estimate of drug-likeness (QED) is 0.880. The van der Waals surface area contributed by atoms with E-state index in [0.29, 0.717) is 6.04 Å². The van der Waals surface area contributed by atoms with Crippen LogP contribution in [0.2, 0.25) is 0 Å². The van der Waals surface area contributed by atoms with E-state index in [1.54, 1.807) is 11.8 Å². The van der Waals surface area contributed by atoms with Crippen molar-refractivity contribution in [3.8, 4) is 0 Å². The summed E-state index contributed by atoms with van der Waals surface area (Å²) < 4.78 is 0. The fourth-order valence-corrected chi connectivity index (χ4v) is 4.65. The molecule has 6 heteroatoms. The summed E-state index contributed by atoms with van der Waals surface area (Å²) in [7, 11) is 0. The minimum atomic E-state index is 0.0812. The van der Waals surface area contributed by atoms with Crippen molar-refractivity contribution in [3.63, 3.8) is 0 Å². The number of rotatable bonds is 3. The number of hydrogen-bond acceptors (Lipinski definition) is 4. The predicted octanol–water partition coefficient (Wildman–Crippen LogP) is 3.71. The van der Waals surface area contributed by atoms with E-state index in [-0.39, 0.29) is 5.91 Å². The summed E-state index contributed by atoms with van der Waals surface area (Å²) in [5.41, 5.74) is 3.19. The molecule has 2 N–H and O–H groups in total. The van der Waals surface area contributed by atoms with E-state index >= 15 is 0 Å². The van der Waals surface area contributed by atoms with Gasteiger partial charge in [-0.25, -0.2) is 4.98 Å². The lowest BCUT2D eigenvalue weighted by molar-refractivity contribution is -0.117. The van der Waals surface area contributed by atoms with Crippen molar-refractivity contribution in [1.29, 1.82) is 0 Å². The number of fused-ring (bicyclic) bond motifs is 1. The highest BCUT2D eigenvalue weighted by atomic mass is 32.2. The first-order valence-corrected chi connectivity index (χ1v) is 10.1. The van der Waals surface area contributed by atoms with Crippen LogP contribution in [0, 0.1) is 6.92 Å². The summed E-state index contributed by atoms with van der Waals surface area (Å²) in [4.78, 5) is 23.3. The number of nitrogens with one attached hydrogen (secondary N) is 2. The second-order valence-corrected chi connectivity index (χ2v) is 8.01. The lowest BCUT2D eigenvalue weighted by atomic mass is 9.95. The Balaban J connectivity index is 1.57. The Morgan fingerprint density at radius 2 is 2.20 bits per heavy atom. The van der Waals surface area contributed by atoms with Gasteiger partial charge in [0.1, 0.15) is 5.65 Å². The van der Waals surface area contributed by atoms with Gasteiger partial charge in [0.25, 0.3) is 5.91 Å². The molecule has 0 saturated heterocycles. The maximum atomic E-state index is 12.7. The molecule has 1 amide bonds. The Hall–Kier alpha value is -1.95. The maximum Gasteiger partial charge on any atom is 0.259 e. The van der Waals surface area contributed by atoms with Crippen molar-refractivity contribution in [3.05, 3.63) is 35.1 Å². The Kier molecular flexibility index (Phi) is 4.70. The first-order valence-electron chi connectivity index (χ1n) is 9.07. The number of aromatic nitrogens is 2. The molecule has 0 radical (unpaired) electrons. The molecule has 132 valence electrons. The van der Waals surface area contributed by atoms with Gasteiger partial charge in [-0.05, 0) is 31.4 Å². The van der Waals surface area contributed by atoms with Crippen molar-refractivity contribution in [2.24, 2.45) is 0 Å². The zero-order valence-electron chi connectivity index (χ0n) is 14.5. The second kappa shape index (κ2) is 7.12. The number of nitrogens with zero attached hydrogens (tertiary/aromatic N) is 2. The van der Waals surface area contributed by atoms with Crippen molar-refractivity contribution >= 4 is 34.4 Å². The second-order valence-electron chi connectivity index (χ2n) is 6.87. The number of aryl methyl sites for hydroxylation is 1. The van der Waals surface area contributed by atoms with Gasteiger partial charge in [-0.2, -0.15) is 0 Å². The Morgan fingerprint density at radius 3 is 3.04 bits per heavy atom. The van der Waals surface area contributed by atoms with E-state index in [4.69, 9.17) is 0 Å². The highest BCUT2D eigenvalue weighted by Crippen LogP contribution is 2.32. The largest absolute Gasteiger partial charge is 0.349 e. The SMILES string of the molecule is Cc1c[nH]c2nccc(N3C=C(C(=O)NC4CCCCC4)SCC3)c12. The van der Waals surface area contributed by atoms with E-state index in [9.17, 15) is 4.79 Å². The number of H-pyrrole nitrogens is 1. The van der Waals surface area contributed by atoms with Crippen LogP contribution in [0.4, 0.5) is 5.69 Å². The van der Waals surface area contributed by atoms with Crippen LogP contribution in [0.1, 0.15) is 37.7 Å². The van der Waals surface area contributed by atoms with E-state index in [2.05, 4.69) is 27.1 Å². The average molecular weight is 356 g/mol. The first-order chi connectivity index (χ1) is 12.2. The zero-order valence-corrected chi connectivity index (χ0v) is 15.4. The number of carbonyl (C=O) groups excluding carboxylic acids is 1. The molecule has 2 aromatic heterocycles. The molecule has 0 spiro atoms. The summed E-state index contributed by atoms with van der Waals surface area (Å²) in [5, 5.41) is 4.37. The van der Waals surface area contributed by atoms with Gasteiger partial charge in [0.15, 0.2) is 0 Å². The fourth-order valence-electron chi connectivity index (χ4n) is 3.75. The van der Waals surface area contributed by atoms with E-state index < -0.39 is 0 Å². The van der Waals surface area contributed by atoms with Gasteiger partial charge >= 0.3 is 0 Å². The third-order valence-corrected chi connectivity index (χ3v) is 6.07. The highest BCUT2D eigenvalue weighted by Gasteiger charge is 2.23. The normalized spacial score (nSPS) is 19.1. The molecule has 0 unspecified atom stereocenters. The van der Waals surface area contributed by atoms with Gasteiger partial charge in [-0.15, -0.1) is 11.8 Å². The average Bonchev–Trinajstić information content (AvgIpc) is 3.04. The number of carbonyl (C=O) groups is 1. The molecule has 1 fully saturated rings. The van der Waals surface area contributed by atoms with Gasteiger partial charge in [0.2, 0.25) is 0 Å². The van der Waals surface area contributed by atoms with Gasteiger partial charge in [-0.1, -0.05) is 19.3 Å². The number of hydrogen-bond donors (Lipinski definition) is 2. The lowest BCUT2D eigenvalue weighted by Crippen LogP contribution is -2.38. The number of anilines is 1. The third kappa shape index (κ3) is 3.40. The molecule has 0 bridgehead atoms. The summed E-state index contributed by atoms with van der Waals surface area (Å²) in [6.07, 6.45) is 11.8. The summed E-state index contributed by atoms with van der Waals surface area (Å²) in [5.74, 6) is 0.995. The minimum Gasteiger partial charge on any atom is -0.349 e. The Labute approximate surface area is 152 Å². The van der Waals surface area contributed by atoms with Crippen LogP contribution in [0.25, 0.3) is 11.0 Å². The first kappa shape index (κ1) is 16.5.